The lowest BCUT2D eigenvalue weighted by molar-refractivity contribution is -0.139. The summed E-state index contributed by atoms with van der Waals surface area (Å²) in [5.41, 5.74) is 8.91. The summed E-state index contributed by atoms with van der Waals surface area (Å²) in [5, 5.41) is 15.6. The highest BCUT2D eigenvalue weighted by atomic mass is 35.5. The van der Waals surface area contributed by atoms with Gasteiger partial charge in [-0.05, 0) is 41.0 Å². The Labute approximate surface area is 243 Å². The van der Waals surface area contributed by atoms with Gasteiger partial charge in [0.05, 0.1) is 30.5 Å². The summed E-state index contributed by atoms with van der Waals surface area (Å²) in [6.45, 7) is -0.633. The number of hydrogen-bond acceptors (Lipinski definition) is 7. The average Bonchev–Trinajstić information content (AvgIpc) is 3.54. The molecule has 1 aliphatic heterocycles. The molecule has 1 fully saturated rings. The summed E-state index contributed by atoms with van der Waals surface area (Å²) in [6, 6.07) is 10.4. The summed E-state index contributed by atoms with van der Waals surface area (Å²) >= 11 is 6.40. The number of primary amides is 1. The molecule has 6 rings (SSSR count). The Hall–Kier alpha value is -4.71. The van der Waals surface area contributed by atoms with Crippen LogP contribution in [0.15, 0.2) is 54.9 Å². The number of aromatic nitrogens is 4. The van der Waals surface area contributed by atoms with Crippen molar-refractivity contribution in [1.29, 1.82) is 0 Å². The first kappa shape index (κ1) is 27.5. The molecule has 11 nitrogen and oxygen atoms in total. The number of benzene rings is 2. The number of fused-ring (bicyclic) bond motifs is 2. The lowest BCUT2D eigenvalue weighted by atomic mass is 9.86. The van der Waals surface area contributed by atoms with E-state index < -0.39 is 36.0 Å². The van der Waals surface area contributed by atoms with Crippen LogP contribution in [0, 0.1) is 0 Å². The van der Waals surface area contributed by atoms with Crippen molar-refractivity contribution in [3.8, 4) is 11.1 Å². The van der Waals surface area contributed by atoms with Gasteiger partial charge in [0.25, 0.3) is 5.91 Å². The zero-order chi connectivity index (χ0) is 29.5. The number of alkyl halides is 1. The van der Waals surface area contributed by atoms with Crippen LogP contribution in [0.2, 0.25) is 5.02 Å². The maximum Gasteiger partial charge on any atom is 0.269 e. The molecule has 0 radical (unpaired) electrons. The average molecular weight is 590 g/mol. The monoisotopic (exact) mass is 589 g/mol. The highest BCUT2D eigenvalue weighted by Gasteiger charge is 2.41. The number of rotatable bonds is 6. The first-order chi connectivity index (χ1) is 20.2. The van der Waals surface area contributed by atoms with Crippen LogP contribution in [0.1, 0.15) is 40.5 Å². The van der Waals surface area contributed by atoms with Gasteiger partial charge in [-0.2, -0.15) is 15.3 Å². The molecule has 42 heavy (non-hydrogen) atoms. The van der Waals surface area contributed by atoms with E-state index in [2.05, 4.69) is 20.6 Å². The molecule has 3 amide bonds. The van der Waals surface area contributed by atoms with Crippen molar-refractivity contribution in [3.05, 3.63) is 76.7 Å². The van der Waals surface area contributed by atoms with Crippen LogP contribution in [0.3, 0.4) is 0 Å². The molecule has 1 aliphatic carbocycles. The lowest BCUT2D eigenvalue weighted by Gasteiger charge is -2.30. The normalized spacial score (nSPS) is 20.0. The van der Waals surface area contributed by atoms with E-state index in [4.69, 9.17) is 17.3 Å². The van der Waals surface area contributed by atoms with Gasteiger partial charge in [-0.25, -0.2) is 4.39 Å². The minimum Gasteiger partial charge on any atom is -0.364 e. The number of hydrogen-bond donors (Lipinski definition) is 2. The molecular formula is C29H25ClFN7O4. The molecular weight excluding hydrogens is 565 g/mol. The van der Waals surface area contributed by atoms with E-state index in [0.29, 0.717) is 21.5 Å². The molecule has 3 unspecified atom stereocenters. The maximum absolute atomic E-state index is 14.7. The van der Waals surface area contributed by atoms with Crippen LogP contribution >= 0.6 is 11.6 Å². The molecule has 4 aromatic rings. The Balaban J connectivity index is 1.25. The molecule has 2 aliphatic rings. The molecule has 214 valence electrons. The molecule has 2 aromatic heterocycles. The van der Waals surface area contributed by atoms with Crippen LogP contribution in [0.4, 0.5) is 4.39 Å². The van der Waals surface area contributed by atoms with Gasteiger partial charge < -0.3 is 16.0 Å². The Morgan fingerprint density at radius 1 is 1.12 bits per heavy atom. The second kappa shape index (κ2) is 10.9. The van der Waals surface area contributed by atoms with Gasteiger partial charge in [0.2, 0.25) is 11.8 Å². The van der Waals surface area contributed by atoms with Gasteiger partial charge in [0, 0.05) is 35.2 Å². The topological polar surface area (TPSA) is 153 Å². The van der Waals surface area contributed by atoms with Gasteiger partial charge in [-0.3, -0.25) is 23.9 Å². The summed E-state index contributed by atoms with van der Waals surface area (Å²) in [6.07, 6.45) is 1.77. The van der Waals surface area contributed by atoms with Crippen molar-refractivity contribution in [2.45, 2.75) is 44.1 Å². The highest BCUT2D eigenvalue weighted by molar-refractivity contribution is 6.31. The standard InChI is InChI=1S/C29H25ClFN7O4/c30-21-3-1-2-16-8-19(39)11-22(26(16)21)35-29(42)24-10-18(31)13-37(24)25(40)14-38-23-5-4-15(17-6-7-33-34-12-17)9-20(23)27(36-38)28(32)41/h1-7,9,12,18,22,24H,8,10-11,13-14H2,(H2,32,41)(H,35,42). The second-order valence-electron chi connectivity index (χ2n) is 10.4. The number of Topliss-reactive ketones (excluding diaryl/α,β-unsaturated/α-hetero) is 1. The third-order valence-corrected chi connectivity index (χ3v) is 8.02. The number of nitrogens with two attached hydrogens (primary N) is 1. The van der Waals surface area contributed by atoms with Crippen molar-refractivity contribution in [3.63, 3.8) is 0 Å². The summed E-state index contributed by atoms with van der Waals surface area (Å²) in [4.78, 5) is 52.7. The van der Waals surface area contributed by atoms with E-state index in [-0.39, 0.29) is 43.8 Å². The van der Waals surface area contributed by atoms with E-state index in [0.717, 1.165) is 16.7 Å². The second-order valence-corrected chi connectivity index (χ2v) is 10.8. The SMILES string of the molecule is NC(=O)c1nn(CC(=O)N2CC(F)CC2C(=O)NC2CC(=O)Cc3cccc(Cl)c32)c2ccc(-c3ccnnc3)cc12. The fourth-order valence-corrected chi connectivity index (χ4v) is 6.11. The van der Waals surface area contributed by atoms with E-state index in [1.165, 1.54) is 15.8 Å². The van der Waals surface area contributed by atoms with Gasteiger partial charge in [-0.15, -0.1) is 0 Å². The number of amides is 3. The zero-order valence-electron chi connectivity index (χ0n) is 22.2. The minimum atomic E-state index is -1.42. The van der Waals surface area contributed by atoms with Crippen molar-refractivity contribution in [2.24, 2.45) is 5.73 Å². The Morgan fingerprint density at radius 2 is 1.95 bits per heavy atom. The molecule has 13 heteroatoms. The van der Waals surface area contributed by atoms with Crippen LogP contribution in [0.25, 0.3) is 22.0 Å². The first-order valence-electron chi connectivity index (χ1n) is 13.3. The predicted octanol–water partition coefficient (Wildman–Crippen LogP) is 2.56. The third-order valence-electron chi connectivity index (χ3n) is 7.69. The molecule has 0 spiro atoms. The number of likely N-dealkylation sites (tertiary alicyclic amines) is 1. The quantitative estimate of drug-likeness (QED) is 0.350. The Morgan fingerprint density at radius 3 is 2.71 bits per heavy atom. The Kier molecular flexibility index (Phi) is 7.15. The fourth-order valence-electron chi connectivity index (χ4n) is 5.78. The minimum absolute atomic E-state index is 0.0294. The molecule has 2 aromatic carbocycles. The van der Waals surface area contributed by atoms with Gasteiger partial charge in [0.15, 0.2) is 5.69 Å². The van der Waals surface area contributed by atoms with E-state index in [9.17, 15) is 23.6 Å². The third kappa shape index (κ3) is 5.09. The number of ketones is 1. The highest BCUT2D eigenvalue weighted by Crippen LogP contribution is 2.34. The van der Waals surface area contributed by atoms with Crippen LogP contribution in [0.5, 0.6) is 0 Å². The predicted molar refractivity (Wildman–Crippen MR) is 150 cm³/mol. The molecule has 0 bridgehead atoms. The number of carbonyl (C=O) groups is 4. The van der Waals surface area contributed by atoms with Gasteiger partial charge >= 0.3 is 0 Å². The molecule has 0 saturated carbocycles. The largest absolute Gasteiger partial charge is 0.364 e. The van der Waals surface area contributed by atoms with Gasteiger partial charge in [0.1, 0.15) is 24.5 Å². The van der Waals surface area contributed by atoms with Crippen molar-refractivity contribution in [2.75, 3.05) is 6.54 Å². The summed E-state index contributed by atoms with van der Waals surface area (Å²) < 4.78 is 16.0. The zero-order valence-corrected chi connectivity index (χ0v) is 22.9. The summed E-state index contributed by atoms with van der Waals surface area (Å²) in [5.74, 6) is -1.97. The first-order valence-corrected chi connectivity index (χ1v) is 13.7. The van der Waals surface area contributed by atoms with Crippen LogP contribution < -0.4 is 11.1 Å². The number of nitrogens with zero attached hydrogens (tertiary/aromatic N) is 5. The van der Waals surface area contributed by atoms with E-state index >= 15 is 0 Å². The van der Waals surface area contributed by atoms with Crippen LogP contribution in [-0.4, -0.2) is 67.1 Å². The van der Waals surface area contributed by atoms with Crippen molar-refractivity contribution < 1.29 is 23.6 Å². The molecule has 3 N–H and O–H groups in total. The maximum atomic E-state index is 14.7. The number of halogens is 2. The van der Waals surface area contributed by atoms with E-state index in [1.807, 2.05) is 0 Å². The Bertz CT molecular complexity index is 1740. The van der Waals surface area contributed by atoms with Gasteiger partial charge in [-0.1, -0.05) is 29.8 Å². The fraction of sp³-hybridized carbons (Fsp3) is 0.276. The van der Waals surface area contributed by atoms with Crippen molar-refractivity contribution >= 4 is 46.0 Å². The molecule has 3 heterocycles. The number of nitrogens with one attached hydrogen (secondary N) is 1. The lowest BCUT2D eigenvalue weighted by Crippen LogP contribution is -2.48. The van der Waals surface area contributed by atoms with E-state index in [1.54, 1.807) is 48.7 Å². The van der Waals surface area contributed by atoms with Crippen LogP contribution in [-0.2, 0) is 27.3 Å². The molecule has 1 saturated heterocycles. The molecule has 3 atom stereocenters. The van der Waals surface area contributed by atoms with Crippen molar-refractivity contribution in [1.82, 2.24) is 30.2 Å². The number of carbonyl (C=O) groups excluding carboxylic acids is 4. The smallest absolute Gasteiger partial charge is 0.269 e. The summed E-state index contributed by atoms with van der Waals surface area (Å²) in [7, 11) is 0.